The highest BCUT2D eigenvalue weighted by Gasteiger charge is 2.37. The third kappa shape index (κ3) is 2.28. The Morgan fingerprint density at radius 3 is 2.53 bits per heavy atom. The molecule has 0 aliphatic carbocycles. The summed E-state index contributed by atoms with van der Waals surface area (Å²) < 4.78 is 0. The molecule has 0 radical (unpaired) electrons. The maximum absolute atomic E-state index is 11.8. The van der Waals surface area contributed by atoms with Crippen molar-refractivity contribution < 1.29 is 4.79 Å². The van der Waals surface area contributed by atoms with Gasteiger partial charge < -0.3 is 5.32 Å². The minimum atomic E-state index is -0.252. The molecular formula is C12H18N4O. The van der Waals surface area contributed by atoms with Crippen molar-refractivity contribution in [2.75, 3.05) is 0 Å². The Balaban J connectivity index is 2.26. The van der Waals surface area contributed by atoms with Gasteiger partial charge in [0, 0.05) is 6.42 Å². The van der Waals surface area contributed by atoms with Crippen LogP contribution in [0, 0.1) is 11.8 Å². The largest absolute Gasteiger partial charge is 0.309 e. The molecule has 0 saturated heterocycles. The van der Waals surface area contributed by atoms with Crippen LogP contribution in [-0.4, -0.2) is 29.2 Å². The normalized spacial score (nSPS) is 23.3. The number of fused-ring (bicyclic) bond motifs is 1. The lowest BCUT2D eigenvalue weighted by molar-refractivity contribution is -0.113. The van der Waals surface area contributed by atoms with Crippen LogP contribution in [0.15, 0.2) is 15.2 Å². The molecule has 2 heterocycles. The number of nitrogens with zero attached hydrogens (tertiary/aromatic N) is 3. The Labute approximate surface area is 101 Å². The van der Waals surface area contributed by atoms with E-state index in [0.29, 0.717) is 11.6 Å². The van der Waals surface area contributed by atoms with Crippen LogP contribution in [0.5, 0.6) is 0 Å². The van der Waals surface area contributed by atoms with Crippen molar-refractivity contribution in [3.8, 4) is 0 Å². The monoisotopic (exact) mass is 234 g/mol. The van der Waals surface area contributed by atoms with Gasteiger partial charge in [0.05, 0.1) is 5.71 Å². The smallest absolute Gasteiger partial charge is 0.275 e. The van der Waals surface area contributed by atoms with Gasteiger partial charge >= 0.3 is 0 Å². The predicted octanol–water partition coefficient (Wildman–Crippen LogP) is 1.40. The van der Waals surface area contributed by atoms with E-state index in [1.807, 2.05) is 13.8 Å². The zero-order chi connectivity index (χ0) is 12.6. The van der Waals surface area contributed by atoms with E-state index in [2.05, 4.69) is 34.4 Å². The Hall–Kier alpha value is -1.52. The molecule has 0 saturated carbocycles. The van der Waals surface area contributed by atoms with Crippen LogP contribution in [0.2, 0.25) is 0 Å². The van der Waals surface area contributed by atoms with Gasteiger partial charge in [-0.3, -0.25) is 9.79 Å². The number of hydrogen-bond donors (Lipinski definition) is 1. The number of carbonyl (C=O) groups is 1. The molecule has 0 spiro atoms. The van der Waals surface area contributed by atoms with Crippen molar-refractivity contribution in [3.63, 3.8) is 0 Å². The second-order valence-corrected chi connectivity index (χ2v) is 5.20. The molecule has 2 aliphatic rings. The van der Waals surface area contributed by atoms with Gasteiger partial charge in [0.15, 0.2) is 5.71 Å². The van der Waals surface area contributed by atoms with E-state index in [1.54, 1.807) is 0 Å². The molecule has 1 N–H and O–H groups in total. The average molecular weight is 234 g/mol. The van der Waals surface area contributed by atoms with Crippen LogP contribution >= 0.6 is 0 Å². The van der Waals surface area contributed by atoms with Gasteiger partial charge in [-0.15, -0.1) is 5.10 Å². The lowest BCUT2D eigenvalue weighted by Crippen LogP contribution is -2.48. The third-order valence-corrected chi connectivity index (χ3v) is 2.78. The Morgan fingerprint density at radius 1 is 1.24 bits per heavy atom. The second kappa shape index (κ2) is 4.39. The zero-order valence-electron chi connectivity index (χ0n) is 10.7. The summed E-state index contributed by atoms with van der Waals surface area (Å²) in [6.07, 6.45) is 0.779. The Kier molecular flexibility index (Phi) is 3.09. The maximum Gasteiger partial charge on any atom is 0.275 e. The van der Waals surface area contributed by atoms with Gasteiger partial charge in [0.1, 0.15) is 11.9 Å². The van der Waals surface area contributed by atoms with Crippen LogP contribution in [0.25, 0.3) is 0 Å². The molecule has 2 rings (SSSR count). The molecule has 5 heteroatoms. The molecule has 2 aliphatic heterocycles. The van der Waals surface area contributed by atoms with Crippen molar-refractivity contribution in [3.05, 3.63) is 0 Å². The van der Waals surface area contributed by atoms with Crippen LogP contribution < -0.4 is 5.32 Å². The van der Waals surface area contributed by atoms with Crippen molar-refractivity contribution in [2.24, 2.45) is 27.0 Å². The van der Waals surface area contributed by atoms with Crippen LogP contribution in [0.4, 0.5) is 0 Å². The number of aliphatic imine (C=N–C) groups is 1. The summed E-state index contributed by atoms with van der Waals surface area (Å²) in [7, 11) is 0. The van der Waals surface area contributed by atoms with E-state index in [1.165, 1.54) is 0 Å². The van der Waals surface area contributed by atoms with E-state index in [-0.39, 0.29) is 17.9 Å². The van der Waals surface area contributed by atoms with Gasteiger partial charge in [-0.2, -0.15) is 5.10 Å². The minimum Gasteiger partial charge on any atom is -0.309 e. The van der Waals surface area contributed by atoms with Crippen molar-refractivity contribution >= 4 is 23.2 Å². The number of amides is 1. The molecule has 92 valence electrons. The van der Waals surface area contributed by atoms with E-state index < -0.39 is 0 Å². The highest BCUT2D eigenvalue weighted by molar-refractivity contribution is 6.49. The highest BCUT2D eigenvalue weighted by Crippen LogP contribution is 2.18. The van der Waals surface area contributed by atoms with E-state index in [9.17, 15) is 4.79 Å². The fraction of sp³-hybridized carbons (Fsp3) is 0.667. The molecule has 1 amide bonds. The molecule has 0 aromatic carbocycles. The van der Waals surface area contributed by atoms with Crippen molar-refractivity contribution in [2.45, 2.75) is 40.2 Å². The molecule has 0 aromatic rings. The number of hydrogen-bond acceptors (Lipinski definition) is 4. The highest BCUT2D eigenvalue weighted by atomic mass is 16.2. The lowest BCUT2D eigenvalue weighted by Gasteiger charge is -2.21. The first kappa shape index (κ1) is 12.0. The summed E-state index contributed by atoms with van der Waals surface area (Å²) in [6.45, 7) is 8.29. The summed E-state index contributed by atoms with van der Waals surface area (Å²) in [5, 5.41) is 10.8. The molecular weight excluding hydrogens is 216 g/mol. The van der Waals surface area contributed by atoms with Gasteiger partial charge in [-0.1, -0.05) is 27.7 Å². The summed E-state index contributed by atoms with van der Waals surface area (Å²) >= 11 is 0. The molecule has 0 fully saturated rings. The van der Waals surface area contributed by atoms with Crippen LogP contribution in [0.1, 0.15) is 34.1 Å². The molecule has 0 aromatic heterocycles. The van der Waals surface area contributed by atoms with E-state index in [4.69, 9.17) is 0 Å². The molecule has 0 bridgehead atoms. The topological polar surface area (TPSA) is 66.2 Å². The Morgan fingerprint density at radius 2 is 1.94 bits per heavy atom. The standard InChI is InChI=1S/C12H18N4O/c1-6(2)5-8-13-10-9(7(3)4)15-16-11(10)12(17)14-8/h6-7,10H,5H2,1-4H3,(H,13,14,17). The van der Waals surface area contributed by atoms with Crippen molar-refractivity contribution in [1.29, 1.82) is 0 Å². The molecule has 1 atom stereocenters. The predicted molar refractivity (Wildman–Crippen MR) is 68.5 cm³/mol. The quantitative estimate of drug-likeness (QED) is 0.788. The van der Waals surface area contributed by atoms with E-state index in [0.717, 1.165) is 18.0 Å². The first-order chi connectivity index (χ1) is 7.99. The fourth-order valence-electron chi connectivity index (χ4n) is 1.96. The van der Waals surface area contributed by atoms with Crippen LogP contribution in [-0.2, 0) is 4.79 Å². The van der Waals surface area contributed by atoms with E-state index >= 15 is 0 Å². The fourth-order valence-corrected chi connectivity index (χ4v) is 1.96. The SMILES string of the molecule is CC(C)CC1=NC2C(=NN=C2C(C)C)C(=O)N1. The zero-order valence-corrected chi connectivity index (χ0v) is 10.7. The summed E-state index contributed by atoms with van der Waals surface area (Å²) in [4.78, 5) is 16.4. The first-order valence-corrected chi connectivity index (χ1v) is 6.02. The van der Waals surface area contributed by atoms with Gasteiger partial charge in [-0.25, -0.2) is 0 Å². The second-order valence-electron chi connectivity index (χ2n) is 5.20. The molecule has 17 heavy (non-hydrogen) atoms. The average Bonchev–Trinajstić information content (AvgIpc) is 2.60. The van der Waals surface area contributed by atoms with Gasteiger partial charge in [-0.05, 0) is 11.8 Å². The maximum atomic E-state index is 11.8. The number of carbonyl (C=O) groups excluding carboxylic acids is 1. The first-order valence-electron chi connectivity index (χ1n) is 6.02. The number of rotatable bonds is 3. The summed E-state index contributed by atoms with van der Waals surface area (Å²) in [5.74, 6) is 1.33. The number of amidine groups is 1. The van der Waals surface area contributed by atoms with Gasteiger partial charge in [0.2, 0.25) is 0 Å². The minimum absolute atomic E-state index is 0.153. The third-order valence-electron chi connectivity index (χ3n) is 2.78. The summed E-state index contributed by atoms with van der Waals surface area (Å²) in [6, 6.07) is -0.252. The molecule has 5 nitrogen and oxygen atoms in total. The van der Waals surface area contributed by atoms with Gasteiger partial charge in [0.25, 0.3) is 5.91 Å². The molecule has 1 unspecified atom stereocenters. The van der Waals surface area contributed by atoms with Crippen LogP contribution in [0.3, 0.4) is 0 Å². The van der Waals surface area contributed by atoms with Crippen molar-refractivity contribution in [1.82, 2.24) is 5.32 Å². The lowest BCUT2D eigenvalue weighted by atomic mass is 9.96. The Bertz CT molecular complexity index is 432. The number of nitrogens with one attached hydrogen (secondary N) is 1. The summed E-state index contributed by atoms with van der Waals surface area (Å²) in [5.41, 5.74) is 1.32.